The molecule has 0 amide bonds. The molecule has 0 saturated carbocycles. The lowest BCUT2D eigenvalue weighted by atomic mass is 9.74. The third-order valence-electron chi connectivity index (χ3n) is 4.01. The second kappa shape index (κ2) is 5.75. The van der Waals surface area contributed by atoms with Gasteiger partial charge in [0.2, 0.25) is 5.90 Å². The Morgan fingerprint density at radius 1 is 1.27 bits per heavy atom. The molecule has 0 radical (unpaired) electrons. The van der Waals surface area contributed by atoms with Gasteiger partial charge in [-0.2, -0.15) is 5.26 Å². The van der Waals surface area contributed by atoms with Gasteiger partial charge in [-0.3, -0.25) is 10.2 Å². The fourth-order valence-electron chi connectivity index (χ4n) is 3.00. The molecule has 0 saturated heterocycles. The van der Waals surface area contributed by atoms with Crippen molar-refractivity contribution in [2.45, 2.75) is 25.2 Å². The molecule has 1 heterocycles. The summed E-state index contributed by atoms with van der Waals surface area (Å²) in [6.07, 6.45) is 1.75. The number of hydrogen-bond acceptors (Lipinski definition) is 4. The van der Waals surface area contributed by atoms with E-state index in [1.165, 1.54) is 0 Å². The van der Waals surface area contributed by atoms with Crippen LogP contribution in [0.15, 0.2) is 29.5 Å². The summed E-state index contributed by atoms with van der Waals surface area (Å²) in [5.41, 5.74) is 1.21. The van der Waals surface area contributed by atoms with Crippen LogP contribution in [0, 0.1) is 22.7 Å². The van der Waals surface area contributed by atoms with Gasteiger partial charge in [0.25, 0.3) is 0 Å². The number of ether oxygens (including phenoxy) is 1. The number of hydrogen-bond donors (Lipinski definition) is 1. The van der Waals surface area contributed by atoms with Crippen LogP contribution in [0.25, 0.3) is 0 Å². The van der Waals surface area contributed by atoms with Crippen LogP contribution in [0.2, 0.25) is 10.0 Å². The third kappa shape index (κ3) is 2.41. The predicted octanol–water partition coefficient (Wildman–Crippen LogP) is 4.23. The molecule has 3 rings (SSSR count). The molecule has 1 aromatic carbocycles. The summed E-state index contributed by atoms with van der Waals surface area (Å²) in [6, 6.07) is 7.12. The van der Waals surface area contributed by atoms with Crippen LogP contribution in [-0.4, -0.2) is 11.7 Å². The SMILES string of the molecule is N#CC1C(=N)OC2=C(C(=O)CCC2)C1c1ccc(Cl)c(Cl)c1. The molecule has 22 heavy (non-hydrogen) atoms. The Morgan fingerprint density at radius 2 is 2.05 bits per heavy atom. The fraction of sp³-hybridized carbons (Fsp3) is 0.312. The van der Waals surface area contributed by atoms with Gasteiger partial charge in [-0.05, 0) is 24.1 Å². The minimum Gasteiger partial charge on any atom is -0.446 e. The number of nitriles is 1. The minimum absolute atomic E-state index is 0.0231. The van der Waals surface area contributed by atoms with Crippen LogP contribution in [0.5, 0.6) is 0 Å². The third-order valence-corrected chi connectivity index (χ3v) is 4.75. The van der Waals surface area contributed by atoms with Crippen LogP contribution in [0.1, 0.15) is 30.7 Å². The molecule has 0 spiro atoms. The Bertz CT molecular complexity index is 749. The second-order valence-electron chi connectivity index (χ2n) is 5.34. The highest BCUT2D eigenvalue weighted by atomic mass is 35.5. The van der Waals surface area contributed by atoms with Crippen molar-refractivity contribution in [1.82, 2.24) is 0 Å². The van der Waals surface area contributed by atoms with Crippen molar-refractivity contribution in [3.63, 3.8) is 0 Å². The topological polar surface area (TPSA) is 73.9 Å². The Kier molecular flexibility index (Phi) is 3.94. The standard InChI is InChI=1S/C16H12Cl2N2O2/c17-10-5-4-8(6-11(10)18)14-9(7-19)16(20)22-13-3-1-2-12(21)15(13)14/h4-6,9,14,20H,1-3H2. The number of nitrogens with zero attached hydrogens (tertiary/aromatic N) is 1. The number of nitrogens with one attached hydrogen (secondary N) is 1. The number of carbonyl (C=O) groups is 1. The number of rotatable bonds is 1. The number of ketones is 1. The molecule has 112 valence electrons. The highest BCUT2D eigenvalue weighted by Crippen LogP contribution is 2.44. The van der Waals surface area contributed by atoms with Crippen LogP contribution in [0.3, 0.4) is 0 Å². The molecule has 2 atom stereocenters. The molecule has 4 nitrogen and oxygen atoms in total. The minimum atomic E-state index is -0.835. The summed E-state index contributed by atoms with van der Waals surface area (Å²) < 4.78 is 5.43. The molecule has 0 fully saturated rings. The molecular formula is C16H12Cl2N2O2. The molecule has 2 unspecified atom stereocenters. The normalized spacial score (nSPS) is 24.6. The van der Waals surface area contributed by atoms with Crippen LogP contribution < -0.4 is 0 Å². The van der Waals surface area contributed by atoms with E-state index in [9.17, 15) is 10.1 Å². The molecule has 1 aromatic rings. The largest absolute Gasteiger partial charge is 0.446 e. The van der Waals surface area contributed by atoms with E-state index in [1.54, 1.807) is 18.2 Å². The van der Waals surface area contributed by atoms with Crippen molar-refractivity contribution >= 4 is 34.9 Å². The van der Waals surface area contributed by atoms with Crippen LogP contribution >= 0.6 is 23.2 Å². The second-order valence-corrected chi connectivity index (χ2v) is 6.15. The fourth-order valence-corrected chi connectivity index (χ4v) is 3.31. The first-order chi connectivity index (χ1) is 10.5. The van der Waals surface area contributed by atoms with Gasteiger partial charge in [-0.15, -0.1) is 0 Å². The van der Waals surface area contributed by atoms with E-state index in [-0.39, 0.29) is 11.7 Å². The lowest BCUT2D eigenvalue weighted by Gasteiger charge is -2.34. The molecule has 2 aliphatic rings. The van der Waals surface area contributed by atoms with Gasteiger partial charge < -0.3 is 4.74 Å². The smallest absolute Gasteiger partial charge is 0.205 e. The number of benzene rings is 1. The van der Waals surface area contributed by atoms with E-state index >= 15 is 0 Å². The zero-order valence-corrected chi connectivity index (χ0v) is 13.0. The maximum Gasteiger partial charge on any atom is 0.205 e. The molecule has 1 N–H and O–H groups in total. The molecule has 0 bridgehead atoms. The average Bonchev–Trinajstić information content (AvgIpc) is 2.49. The summed E-state index contributed by atoms with van der Waals surface area (Å²) in [4.78, 5) is 12.4. The molecule has 1 aliphatic carbocycles. The van der Waals surface area contributed by atoms with Gasteiger partial charge in [0, 0.05) is 24.3 Å². The van der Waals surface area contributed by atoms with Crippen molar-refractivity contribution in [2.24, 2.45) is 5.92 Å². The van der Waals surface area contributed by atoms with Gasteiger partial charge >= 0.3 is 0 Å². The van der Waals surface area contributed by atoms with Gasteiger partial charge in [0.15, 0.2) is 5.78 Å². The van der Waals surface area contributed by atoms with Crippen molar-refractivity contribution in [1.29, 1.82) is 10.7 Å². The lowest BCUT2D eigenvalue weighted by molar-refractivity contribution is -0.116. The number of carbonyl (C=O) groups excluding carboxylic acids is 1. The first kappa shape index (κ1) is 15.1. The van der Waals surface area contributed by atoms with E-state index in [0.29, 0.717) is 46.2 Å². The van der Waals surface area contributed by atoms with E-state index in [0.717, 1.165) is 0 Å². The summed E-state index contributed by atoms with van der Waals surface area (Å²) in [7, 11) is 0. The van der Waals surface area contributed by atoms with Gasteiger partial charge in [-0.25, -0.2) is 0 Å². The quantitative estimate of drug-likeness (QED) is 0.834. The number of halogens is 2. The predicted molar refractivity (Wildman–Crippen MR) is 83.0 cm³/mol. The first-order valence-corrected chi connectivity index (χ1v) is 7.65. The Balaban J connectivity index is 2.18. The van der Waals surface area contributed by atoms with Crippen LogP contribution in [0.4, 0.5) is 0 Å². The molecule has 6 heteroatoms. The van der Waals surface area contributed by atoms with E-state index in [1.807, 2.05) is 0 Å². The van der Waals surface area contributed by atoms with E-state index in [4.69, 9.17) is 33.3 Å². The van der Waals surface area contributed by atoms with Crippen LogP contribution in [-0.2, 0) is 9.53 Å². The zero-order valence-electron chi connectivity index (χ0n) is 11.5. The lowest BCUT2D eigenvalue weighted by Crippen LogP contribution is -2.34. The monoisotopic (exact) mass is 334 g/mol. The molecule has 0 aromatic heterocycles. The van der Waals surface area contributed by atoms with Crippen molar-refractivity contribution in [3.05, 3.63) is 45.1 Å². The summed E-state index contributed by atoms with van der Waals surface area (Å²) in [6.45, 7) is 0. The van der Waals surface area contributed by atoms with Crippen molar-refractivity contribution in [2.75, 3.05) is 0 Å². The molecule has 1 aliphatic heterocycles. The van der Waals surface area contributed by atoms with Crippen molar-refractivity contribution in [3.8, 4) is 6.07 Å². The van der Waals surface area contributed by atoms with Gasteiger partial charge in [-0.1, -0.05) is 29.3 Å². The zero-order chi connectivity index (χ0) is 15.9. The highest BCUT2D eigenvalue weighted by Gasteiger charge is 2.42. The average molecular weight is 335 g/mol. The number of Topliss-reactive ketones (excluding diaryl/α,β-unsaturated/α-hetero) is 1. The first-order valence-electron chi connectivity index (χ1n) is 6.90. The summed E-state index contributed by atoms with van der Waals surface area (Å²) in [5, 5.41) is 18.2. The molecular weight excluding hydrogens is 323 g/mol. The maximum atomic E-state index is 12.4. The van der Waals surface area contributed by atoms with Gasteiger partial charge in [0.05, 0.1) is 16.1 Å². The van der Waals surface area contributed by atoms with E-state index < -0.39 is 11.8 Å². The van der Waals surface area contributed by atoms with Gasteiger partial charge in [0.1, 0.15) is 11.7 Å². The maximum absolute atomic E-state index is 12.4. The number of allylic oxidation sites excluding steroid dienone is 2. The Hall–Kier alpha value is -1.83. The van der Waals surface area contributed by atoms with E-state index in [2.05, 4.69) is 6.07 Å². The summed E-state index contributed by atoms with van der Waals surface area (Å²) >= 11 is 12.0. The highest BCUT2D eigenvalue weighted by molar-refractivity contribution is 6.42. The Labute approximate surface area is 137 Å². The summed E-state index contributed by atoms with van der Waals surface area (Å²) in [5.74, 6) is -0.984. The Morgan fingerprint density at radius 3 is 2.73 bits per heavy atom. The van der Waals surface area contributed by atoms with Crippen molar-refractivity contribution < 1.29 is 9.53 Å².